The van der Waals surface area contributed by atoms with E-state index in [0.29, 0.717) is 42.9 Å². The number of ether oxygens (including phenoxy) is 2. The number of nitrogens with zero attached hydrogens (tertiary/aromatic N) is 3. The number of nitrogen functional groups attached to an aromatic ring is 1. The summed E-state index contributed by atoms with van der Waals surface area (Å²) in [4.78, 5) is 40.5. The number of rotatable bonds is 14. The number of aliphatic hydroxyl groups excluding tert-OH is 1. The van der Waals surface area contributed by atoms with Crippen molar-refractivity contribution in [1.82, 2.24) is 4.90 Å². The number of nitrogens with two attached hydrogens (primary N) is 1. The lowest BCUT2D eigenvalue weighted by molar-refractivity contribution is -0.384. The minimum Gasteiger partial charge on any atom is -0.397 e. The van der Waals surface area contributed by atoms with E-state index in [1.807, 2.05) is 54.6 Å². The molecule has 0 spiro atoms. The van der Waals surface area contributed by atoms with Gasteiger partial charge in [0, 0.05) is 81.1 Å². The lowest BCUT2D eigenvalue weighted by atomic mass is 9.99. The molecule has 4 aromatic carbocycles. The van der Waals surface area contributed by atoms with Crippen molar-refractivity contribution in [3.63, 3.8) is 0 Å². The summed E-state index contributed by atoms with van der Waals surface area (Å²) in [6.45, 7) is 3.86. The number of nitro benzene ring substituents is 1. The Balaban J connectivity index is 1.04. The molecule has 2 saturated heterocycles. The van der Waals surface area contributed by atoms with Gasteiger partial charge in [-0.1, -0.05) is 48.5 Å². The third-order valence-corrected chi connectivity index (χ3v) is 9.61. The number of unbranched alkanes of at least 4 members (excludes halogenated alkanes) is 1. The molecule has 2 fully saturated rings. The molecule has 4 aromatic rings. The molecule has 13 heteroatoms. The molecule has 0 radical (unpaired) electrons. The number of para-hydroxylation sites is 2. The van der Waals surface area contributed by atoms with Gasteiger partial charge in [0.1, 0.15) is 0 Å². The lowest BCUT2D eigenvalue weighted by Crippen LogP contribution is -2.49. The molecule has 0 bridgehead atoms. The highest BCUT2D eigenvalue weighted by Gasteiger charge is 2.34. The van der Waals surface area contributed by atoms with E-state index < -0.39 is 6.29 Å². The third kappa shape index (κ3) is 10.4. The molecule has 2 heterocycles. The molecular weight excluding hydrogens is 676 g/mol. The first kappa shape index (κ1) is 37.4. The summed E-state index contributed by atoms with van der Waals surface area (Å²) in [7, 11) is 0. The fourth-order valence-corrected chi connectivity index (χ4v) is 6.68. The van der Waals surface area contributed by atoms with E-state index in [2.05, 4.69) is 20.4 Å². The molecule has 2 aliphatic heterocycles. The van der Waals surface area contributed by atoms with Gasteiger partial charge in [-0.3, -0.25) is 24.6 Å². The van der Waals surface area contributed by atoms with Crippen LogP contribution < -0.4 is 21.3 Å². The van der Waals surface area contributed by atoms with E-state index in [4.69, 9.17) is 15.2 Å². The number of nitro groups is 1. The zero-order chi connectivity index (χ0) is 37.2. The van der Waals surface area contributed by atoms with E-state index >= 15 is 0 Å². The first-order valence-corrected chi connectivity index (χ1v) is 18.0. The molecule has 3 atom stereocenters. The van der Waals surface area contributed by atoms with Crippen LogP contribution in [0, 0.1) is 10.1 Å². The Morgan fingerprint density at radius 3 is 2.21 bits per heavy atom. The minimum atomic E-state index is -0.674. The average Bonchev–Trinajstić information content (AvgIpc) is 3.18. The maximum absolute atomic E-state index is 12.9. The molecule has 2 amide bonds. The van der Waals surface area contributed by atoms with Gasteiger partial charge in [0.15, 0.2) is 6.29 Å². The van der Waals surface area contributed by atoms with Crippen LogP contribution in [0.4, 0.5) is 28.4 Å². The highest BCUT2D eigenvalue weighted by atomic mass is 16.7. The number of aliphatic hydroxyl groups is 1. The lowest BCUT2D eigenvalue weighted by Gasteiger charge is -2.41. The van der Waals surface area contributed by atoms with Crippen molar-refractivity contribution in [2.45, 2.75) is 57.2 Å². The molecule has 6 rings (SSSR count). The van der Waals surface area contributed by atoms with E-state index in [9.17, 15) is 24.8 Å². The minimum absolute atomic E-state index is 0.0380. The van der Waals surface area contributed by atoms with Gasteiger partial charge < -0.3 is 35.8 Å². The number of amides is 2. The van der Waals surface area contributed by atoms with Crippen molar-refractivity contribution in [1.29, 1.82) is 0 Å². The van der Waals surface area contributed by atoms with Gasteiger partial charge in [0.2, 0.25) is 11.8 Å². The molecule has 0 aliphatic carbocycles. The second-order valence-electron chi connectivity index (χ2n) is 13.4. The molecule has 2 aliphatic rings. The summed E-state index contributed by atoms with van der Waals surface area (Å²) in [5.41, 5.74) is 11.3. The van der Waals surface area contributed by atoms with E-state index in [1.165, 1.54) is 0 Å². The Labute approximate surface area is 308 Å². The Morgan fingerprint density at radius 1 is 0.830 bits per heavy atom. The molecule has 0 aromatic heterocycles. The van der Waals surface area contributed by atoms with E-state index in [1.54, 1.807) is 42.5 Å². The Kier molecular flexibility index (Phi) is 12.7. The predicted molar refractivity (Wildman–Crippen MR) is 203 cm³/mol. The van der Waals surface area contributed by atoms with Crippen LogP contribution in [0.1, 0.15) is 61.2 Å². The number of carbonyl (C=O) groups excluding carboxylic acids is 2. The number of non-ortho nitro benzene ring substituents is 1. The smallest absolute Gasteiger partial charge is 0.269 e. The van der Waals surface area contributed by atoms with Crippen LogP contribution in [0.15, 0.2) is 97.1 Å². The molecule has 53 heavy (non-hydrogen) atoms. The van der Waals surface area contributed by atoms with Crippen LogP contribution in [0.5, 0.6) is 0 Å². The van der Waals surface area contributed by atoms with Crippen LogP contribution >= 0.6 is 0 Å². The number of benzene rings is 4. The van der Waals surface area contributed by atoms with Gasteiger partial charge in [-0.2, -0.15) is 0 Å². The number of piperazine rings is 1. The first-order chi connectivity index (χ1) is 25.7. The van der Waals surface area contributed by atoms with Crippen molar-refractivity contribution >= 4 is 40.3 Å². The van der Waals surface area contributed by atoms with Crippen molar-refractivity contribution in [3.05, 3.63) is 124 Å². The normalized spacial score (nSPS) is 19.0. The van der Waals surface area contributed by atoms with Gasteiger partial charge in [0.05, 0.1) is 35.1 Å². The van der Waals surface area contributed by atoms with E-state index in [0.717, 1.165) is 48.6 Å². The number of nitrogens with one attached hydrogen (secondary N) is 2. The molecule has 3 unspecified atom stereocenters. The number of carbonyl (C=O) groups is 2. The van der Waals surface area contributed by atoms with Crippen LogP contribution in [0.25, 0.3) is 0 Å². The first-order valence-electron chi connectivity index (χ1n) is 18.0. The summed E-state index contributed by atoms with van der Waals surface area (Å²) in [6, 6.07) is 29.0. The second kappa shape index (κ2) is 17.9. The van der Waals surface area contributed by atoms with Crippen LogP contribution in [-0.4, -0.2) is 65.6 Å². The third-order valence-electron chi connectivity index (χ3n) is 9.61. The monoisotopic (exact) mass is 722 g/mol. The fourth-order valence-electron chi connectivity index (χ4n) is 6.68. The summed E-state index contributed by atoms with van der Waals surface area (Å²) in [5, 5.41) is 26.4. The Morgan fingerprint density at radius 2 is 1.53 bits per heavy atom. The topological polar surface area (TPSA) is 173 Å². The molecule has 5 N–H and O–H groups in total. The van der Waals surface area contributed by atoms with Gasteiger partial charge in [-0.15, -0.1) is 0 Å². The SMILES string of the molecule is Nc1ccccc1NC(=O)CCCCC(=O)Nc1cccc(C2OC(CN3CCN(c4ccc([N+](=O)[O-])cc4)CC3)CC(c3ccc(CO)cc3)O2)c1. The number of hydrogen-bond donors (Lipinski definition) is 4. The number of anilines is 4. The standard InChI is InChI=1S/C40H46N6O7/c41-35-8-1-2-9-36(35)43-39(49)11-4-3-10-38(48)42-31-7-5-6-30(24-31)40-52-34(25-37(53-40)29-14-12-28(27-47)13-15-29)26-44-20-22-45(23-21-44)32-16-18-33(19-17-32)46(50)51/h1-2,5-9,12-19,24,34,37,40,47H,3-4,10-11,20-23,25-27,41H2,(H,42,48)(H,43,49). The van der Waals surface area contributed by atoms with Gasteiger partial charge in [-0.25, -0.2) is 0 Å². The Bertz CT molecular complexity index is 1850. The fraction of sp³-hybridized carbons (Fsp3) is 0.350. The highest BCUT2D eigenvalue weighted by Crippen LogP contribution is 2.39. The molecular formula is C40H46N6O7. The van der Waals surface area contributed by atoms with Gasteiger partial charge >= 0.3 is 0 Å². The predicted octanol–water partition coefficient (Wildman–Crippen LogP) is 6.17. The summed E-state index contributed by atoms with van der Waals surface area (Å²) >= 11 is 0. The van der Waals surface area contributed by atoms with Crippen molar-refractivity contribution in [3.8, 4) is 0 Å². The van der Waals surface area contributed by atoms with Crippen molar-refractivity contribution < 1.29 is 29.1 Å². The zero-order valence-electron chi connectivity index (χ0n) is 29.6. The summed E-state index contributed by atoms with van der Waals surface area (Å²) in [6.07, 6.45) is 1.25. The summed E-state index contributed by atoms with van der Waals surface area (Å²) in [5.74, 6) is -0.290. The van der Waals surface area contributed by atoms with Gasteiger partial charge in [-0.05, 0) is 60.4 Å². The van der Waals surface area contributed by atoms with Crippen LogP contribution in [0.2, 0.25) is 0 Å². The largest absolute Gasteiger partial charge is 0.397 e. The highest BCUT2D eigenvalue weighted by molar-refractivity contribution is 5.94. The van der Waals surface area contributed by atoms with Crippen molar-refractivity contribution in [2.75, 3.05) is 54.0 Å². The average molecular weight is 723 g/mol. The van der Waals surface area contributed by atoms with Crippen molar-refractivity contribution in [2.24, 2.45) is 0 Å². The second-order valence-corrected chi connectivity index (χ2v) is 13.4. The molecule has 278 valence electrons. The molecule has 13 nitrogen and oxygen atoms in total. The van der Waals surface area contributed by atoms with Crippen LogP contribution in [-0.2, 0) is 25.7 Å². The maximum Gasteiger partial charge on any atom is 0.269 e. The maximum atomic E-state index is 12.9. The van der Waals surface area contributed by atoms with E-state index in [-0.39, 0.29) is 54.1 Å². The quantitative estimate of drug-likeness (QED) is 0.0510. The Hall–Kier alpha value is -5.34. The molecule has 0 saturated carbocycles. The summed E-state index contributed by atoms with van der Waals surface area (Å²) < 4.78 is 13.1. The van der Waals surface area contributed by atoms with Crippen LogP contribution in [0.3, 0.4) is 0 Å². The number of hydrogen-bond acceptors (Lipinski definition) is 10. The van der Waals surface area contributed by atoms with Gasteiger partial charge in [0.25, 0.3) is 5.69 Å². The zero-order valence-corrected chi connectivity index (χ0v) is 29.6.